The molecule has 1 aliphatic rings. The van der Waals surface area contributed by atoms with Crippen molar-refractivity contribution in [1.29, 1.82) is 0 Å². The highest BCUT2D eigenvalue weighted by atomic mass is 32.1. The van der Waals surface area contributed by atoms with Crippen LogP contribution in [-0.2, 0) is 10.2 Å². The van der Waals surface area contributed by atoms with Crippen molar-refractivity contribution in [2.45, 2.75) is 32.3 Å². The van der Waals surface area contributed by atoms with E-state index in [0.717, 1.165) is 10.7 Å². The largest absolute Gasteiger partial charge is 0.367 e. The fraction of sp³-hybridized carbons (Fsp3) is 0.471. The Morgan fingerprint density at radius 1 is 1.39 bits per heavy atom. The molecule has 122 valence electrons. The van der Waals surface area contributed by atoms with Crippen LogP contribution in [0.15, 0.2) is 29.8 Å². The summed E-state index contributed by atoms with van der Waals surface area (Å²) in [6.45, 7) is 8.06. The van der Waals surface area contributed by atoms with E-state index in [1.54, 1.807) is 28.5 Å². The SMILES string of the molecule is CC(C)(C)c1csc([C@@H]2CN(C(=O)c3ccccn3)CCO2)n1. The number of nitrogens with zero attached hydrogens (tertiary/aromatic N) is 3. The van der Waals surface area contributed by atoms with E-state index in [1.165, 1.54) is 0 Å². The van der Waals surface area contributed by atoms with Gasteiger partial charge in [-0.3, -0.25) is 9.78 Å². The van der Waals surface area contributed by atoms with Gasteiger partial charge in [-0.25, -0.2) is 4.98 Å². The number of rotatable bonds is 2. The number of ether oxygens (including phenoxy) is 1. The van der Waals surface area contributed by atoms with Gasteiger partial charge in [0.25, 0.3) is 5.91 Å². The van der Waals surface area contributed by atoms with Gasteiger partial charge in [0.15, 0.2) is 0 Å². The van der Waals surface area contributed by atoms with Gasteiger partial charge in [-0.2, -0.15) is 0 Å². The molecule has 0 radical (unpaired) electrons. The van der Waals surface area contributed by atoms with Crippen LogP contribution in [0.3, 0.4) is 0 Å². The van der Waals surface area contributed by atoms with Crippen molar-refractivity contribution < 1.29 is 9.53 Å². The van der Waals surface area contributed by atoms with Gasteiger partial charge in [-0.1, -0.05) is 26.8 Å². The summed E-state index contributed by atoms with van der Waals surface area (Å²) in [5, 5.41) is 3.02. The maximum Gasteiger partial charge on any atom is 0.272 e. The van der Waals surface area contributed by atoms with Crippen LogP contribution in [0.5, 0.6) is 0 Å². The lowest BCUT2D eigenvalue weighted by Gasteiger charge is -2.31. The summed E-state index contributed by atoms with van der Waals surface area (Å²) in [5.41, 5.74) is 1.56. The van der Waals surface area contributed by atoms with E-state index in [4.69, 9.17) is 9.72 Å². The molecule has 1 saturated heterocycles. The highest BCUT2D eigenvalue weighted by molar-refractivity contribution is 7.09. The van der Waals surface area contributed by atoms with Gasteiger partial charge >= 0.3 is 0 Å². The second-order valence-electron chi connectivity index (χ2n) is 6.65. The number of pyridine rings is 1. The molecule has 2 aromatic heterocycles. The summed E-state index contributed by atoms with van der Waals surface area (Å²) >= 11 is 1.60. The fourth-order valence-electron chi connectivity index (χ4n) is 2.41. The monoisotopic (exact) mass is 331 g/mol. The van der Waals surface area contributed by atoms with E-state index >= 15 is 0 Å². The zero-order valence-electron chi connectivity index (χ0n) is 13.7. The van der Waals surface area contributed by atoms with Crippen molar-refractivity contribution in [1.82, 2.24) is 14.9 Å². The maximum atomic E-state index is 12.5. The quantitative estimate of drug-likeness (QED) is 0.849. The van der Waals surface area contributed by atoms with Crippen LogP contribution >= 0.6 is 11.3 Å². The van der Waals surface area contributed by atoms with Crippen LogP contribution < -0.4 is 0 Å². The summed E-state index contributed by atoms with van der Waals surface area (Å²) in [7, 11) is 0. The lowest BCUT2D eigenvalue weighted by Crippen LogP contribution is -2.42. The molecule has 2 aromatic rings. The number of hydrogen-bond acceptors (Lipinski definition) is 5. The molecule has 0 aliphatic carbocycles. The van der Waals surface area contributed by atoms with Gasteiger partial charge < -0.3 is 9.64 Å². The molecule has 1 atom stereocenters. The third kappa shape index (κ3) is 3.59. The first-order chi connectivity index (χ1) is 10.9. The van der Waals surface area contributed by atoms with Crippen LogP contribution in [0, 0.1) is 0 Å². The molecule has 1 aliphatic heterocycles. The molecule has 0 N–H and O–H groups in total. The molecule has 0 unspecified atom stereocenters. The summed E-state index contributed by atoms with van der Waals surface area (Å²) in [6.07, 6.45) is 1.49. The van der Waals surface area contributed by atoms with Crippen LogP contribution in [0.1, 0.15) is 48.1 Å². The van der Waals surface area contributed by atoms with Crippen LogP contribution in [-0.4, -0.2) is 40.5 Å². The van der Waals surface area contributed by atoms with Crippen LogP contribution in [0.2, 0.25) is 0 Å². The molecule has 3 rings (SSSR count). The predicted molar refractivity (Wildman–Crippen MR) is 89.6 cm³/mol. The average molecular weight is 331 g/mol. The van der Waals surface area contributed by atoms with E-state index in [1.807, 2.05) is 12.1 Å². The first-order valence-electron chi connectivity index (χ1n) is 7.73. The van der Waals surface area contributed by atoms with Gasteiger partial charge in [0, 0.05) is 23.5 Å². The fourth-order valence-corrected chi connectivity index (χ4v) is 3.50. The van der Waals surface area contributed by atoms with Gasteiger partial charge in [0.2, 0.25) is 0 Å². The summed E-state index contributed by atoms with van der Waals surface area (Å²) < 4.78 is 5.84. The summed E-state index contributed by atoms with van der Waals surface area (Å²) in [6, 6.07) is 5.38. The van der Waals surface area contributed by atoms with E-state index in [0.29, 0.717) is 25.4 Å². The van der Waals surface area contributed by atoms with E-state index in [-0.39, 0.29) is 17.4 Å². The standard InChI is InChI=1S/C17H21N3O2S/c1-17(2,3)14-11-23-15(19-14)13-10-20(8-9-22-13)16(21)12-6-4-5-7-18-12/h4-7,11,13H,8-10H2,1-3H3/t13-/m0/s1. The van der Waals surface area contributed by atoms with Crippen LogP contribution in [0.25, 0.3) is 0 Å². The molecule has 23 heavy (non-hydrogen) atoms. The Hall–Kier alpha value is -1.79. The van der Waals surface area contributed by atoms with Crippen molar-refractivity contribution in [3.63, 3.8) is 0 Å². The molecule has 0 aromatic carbocycles. The van der Waals surface area contributed by atoms with Crippen molar-refractivity contribution in [3.8, 4) is 0 Å². The Labute approximate surface area is 140 Å². The number of amides is 1. The van der Waals surface area contributed by atoms with Gasteiger partial charge in [0.1, 0.15) is 16.8 Å². The Kier molecular flexibility index (Phi) is 4.46. The highest BCUT2D eigenvalue weighted by Crippen LogP contribution is 2.30. The molecular formula is C17H21N3O2S. The number of hydrogen-bond donors (Lipinski definition) is 0. The van der Waals surface area contributed by atoms with E-state index in [2.05, 4.69) is 31.1 Å². The third-order valence-electron chi connectivity index (χ3n) is 3.80. The number of thiazole rings is 1. The molecule has 6 heteroatoms. The molecule has 0 saturated carbocycles. The van der Waals surface area contributed by atoms with Gasteiger partial charge in [-0.05, 0) is 12.1 Å². The number of morpholine rings is 1. The van der Waals surface area contributed by atoms with Gasteiger partial charge in [0.05, 0.1) is 18.8 Å². The molecular weight excluding hydrogens is 310 g/mol. The van der Waals surface area contributed by atoms with Crippen molar-refractivity contribution in [2.75, 3.05) is 19.7 Å². The molecule has 0 bridgehead atoms. The second kappa shape index (κ2) is 6.37. The summed E-state index contributed by atoms with van der Waals surface area (Å²) in [4.78, 5) is 23.2. The lowest BCUT2D eigenvalue weighted by molar-refractivity contribution is -0.0231. The zero-order chi connectivity index (χ0) is 16.4. The Morgan fingerprint density at radius 2 is 2.22 bits per heavy atom. The smallest absolute Gasteiger partial charge is 0.272 e. The van der Waals surface area contributed by atoms with Crippen LogP contribution in [0.4, 0.5) is 0 Å². The van der Waals surface area contributed by atoms with E-state index in [9.17, 15) is 4.79 Å². The Morgan fingerprint density at radius 3 is 2.87 bits per heavy atom. The molecule has 5 nitrogen and oxygen atoms in total. The highest BCUT2D eigenvalue weighted by Gasteiger charge is 2.29. The number of carbonyl (C=O) groups excluding carboxylic acids is 1. The minimum absolute atomic E-state index is 0.0207. The first kappa shape index (κ1) is 16.1. The first-order valence-corrected chi connectivity index (χ1v) is 8.61. The van der Waals surface area contributed by atoms with E-state index < -0.39 is 0 Å². The number of carbonyl (C=O) groups is 1. The van der Waals surface area contributed by atoms with Crippen molar-refractivity contribution >= 4 is 17.2 Å². The van der Waals surface area contributed by atoms with Crippen molar-refractivity contribution in [3.05, 3.63) is 46.2 Å². The maximum absolute atomic E-state index is 12.5. The molecule has 0 spiro atoms. The summed E-state index contributed by atoms with van der Waals surface area (Å²) in [5.74, 6) is -0.0495. The third-order valence-corrected chi connectivity index (χ3v) is 4.74. The van der Waals surface area contributed by atoms with Crippen molar-refractivity contribution in [2.24, 2.45) is 0 Å². The second-order valence-corrected chi connectivity index (χ2v) is 7.54. The minimum Gasteiger partial charge on any atom is -0.367 e. The zero-order valence-corrected chi connectivity index (χ0v) is 14.5. The Balaban J connectivity index is 1.73. The Bertz CT molecular complexity index is 679. The average Bonchev–Trinajstić information content (AvgIpc) is 3.05. The predicted octanol–water partition coefficient (Wildman–Crippen LogP) is 3.05. The van der Waals surface area contributed by atoms with Gasteiger partial charge in [-0.15, -0.1) is 11.3 Å². The number of aromatic nitrogens is 2. The molecule has 3 heterocycles. The molecule has 1 amide bonds. The lowest BCUT2D eigenvalue weighted by atomic mass is 9.93. The topological polar surface area (TPSA) is 55.3 Å². The molecule has 1 fully saturated rings. The minimum atomic E-state index is -0.155. The normalized spacial score (nSPS) is 18.9.